The number of aliphatic hydroxyl groups excluding tert-OH is 1. The van der Waals surface area contributed by atoms with Crippen LogP contribution in [0.5, 0.6) is 0 Å². The highest BCUT2D eigenvalue weighted by Gasteiger charge is 2.51. The Balaban J connectivity index is 3.12. The van der Waals surface area contributed by atoms with Crippen molar-refractivity contribution in [1.29, 1.82) is 0 Å². The standard InChI is InChI=1S/C18H26F6O2/c1-11(13(25)12-5-7-15(2,3)8-6-12)14(26)16(4,9-17(19,20)21)10-18(22,23)24/h12,25H,5-10H2,1-4H3/b13-11-. The zero-order chi connectivity index (χ0) is 20.6. The topological polar surface area (TPSA) is 37.3 Å². The fraction of sp³-hybridized carbons (Fsp3) is 0.833. The van der Waals surface area contributed by atoms with Gasteiger partial charge in [0.25, 0.3) is 0 Å². The Morgan fingerprint density at radius 3 is 1.73 bits per heavy atom. The van der Waals surface area contributed by atoms with Gasteiger partial charge in [0.15, 0.2) is 5.78 Å². The van der Waals surface area contributed by atoms with Crippen LogP contribution in [0.1, 0.15) is 66.2 Å². The number of hydrogen-bond acceptors (Lipinski definition) is 2. The van der Waals surface area contributed by atoms with Crippen LogP contribution in [0.3, 0.4) is 0 Å². The molecule has 0 unspecified atom stereocenters. The highest BCUT2D eigenvalue weighted by atomic mass is 19.4. The quantitative estimate of drug-likeness (QED) is 0.331. The van der Waals surface area contributed by atoms with E-state index in [4.69, 9.17) is 0 Å². The van der Waals surface area contributed by atoms with Crippen LogP contribution >= 0.6 is 0 Å². The van der Waals surface area contributed by atoms with Crippen LogP contribution in [0.25, 0.3) is 0 Å². The van der Waals surface area contributed by atoms with Gasteiger partial charge in [0.2, 0.25) is 0 Å². The van der Waals surface area contributed by atoms with Gasteiger partial charge in [-0.25, -0.2) is 0 Å². The molecule has 0 spiro atoms. The molecule has 1 saturated carbocycles. The highest BCUT2D eigenvalue weighted by molar-refractivity contribution is 5.99. The SMILES string of the molecule is C/C(C(=O)C(C)(CC(F)(F)F)CC(F)(F)F)=C(/O)C1CCC(C)(C)CC1. The summed E-state index contributed by atoms with van der Waals surface area (Å²) in [6, 6.07) is 0. The van der Waals surface area contributed by atoms with Crippen molar-refractivity contribution >= 4 is 5.78 Å². The molecule has 1 rings (SSSR count). The summed E-state index contributed by atoms with van der Waals surface area (Å²) < 4.78 is 76.8. The van der Waals surface area contributed by atoms with E-state index in [-0.39, 0.29) is 11.2 Å². The average Bonchev–Trinajstić information content (AvgIpc) is 2.40. The minimum Gasteiger partial charge on any atom is -0.512 e. The van der Waals surface area contributed by atoms with Crippen molar-refractivity contribution in [1.82, 2.24) is 0 Å². The summed E-state index contributed by atoms with van der Waals surface area (Å²) >= 11 is 0. The van der Waals surface area contributed by atoms with Crippen molar-refractivity contribution in [2.24, 2.45) is 16.7 Å². The molecule has 0 bridgehead atoms. The summed E-state index contributed by atoms with van der Waals surface area (Å²) in [4.78, 5) is 12.5. The molecule has 0 saturated heterocycles. The molecular weight excluding hydrogens is 362 g/mol. The van der Waals surface area contributed by atoms with E-state index in [1.165, 1.54) is 0 Å². The number of alkyl halides is 6. The number of rotatable bonds is 5. The van der Waals surface area contributed by atoms with Crippen molar-refractivity contribution in [3.63, 3.8) is 0 Å². The Morgan fingerprint density at radius 1 is 1.00 bits per heavy atom. The first-order valence-electron chi connectivity index (χ1n) is 8.54. The molecule has 1 aliphatic carbocycles. The fourth-order valence-electron chi connectivity index (χ4n) is 3.66. The van der Waals surface area contributed by atoms with E-state index in [9.17, 15) is 36.2 Å². The van der Waals surface area contributed by atoms with Crippen LogP contribution < -0.4 is 0 Å². The van der Waals surface area contributed by atoms with Crippen molar-refractivity contribution in [3.8, 4) is 0 Å². The number of hydrogen-bond donors (Lipinski definition) is 1. The van der Waals surface area contributed by atoms with Crippen molar-refractivity contribution < 1.29 is 36.2 Å². The van der Waals surface area contributed by atoms with Gasteiger partial charge in [-0.3, -0.25) is 4.79 Å². The summed E-state index contributed by atoms with van der Waals surface area (Å²) in [5, 5.41) is 10.3. The molecule has 1 aliphatic rings. The molecule has 2 nitrogen and oxygen atoms in total. The predicted octanol–water partition coefficient (Wildman–Crippen LogP) is 6.52. The third-order valence-corrected chi connectivity index (χ3v) is 5.18. The minimum absolute atomic E-state index is 0.0653. The third-order valence-electron chi connectivity index (χ3n) is 5.18. The van der Waals surface area contributed by atoms with Gasteiger partial charge in [0.1, 0.15) is 5.76 Å². The fourth-order valence-corrected chi connectivity index (χ4v) is 3.66. The molecule has 0 atom stereocenters. The van der Waals surface area contributed by atoms with Gasteiger partial charge in [-0.15, -0.1) is 0 Å². The van der Waals surface area contributed by atoms with Crippen molar-refractivity contribution in [2.75, 3.05) is 0 Å². The predicted molar refractivity (Wildman–Crippen MR) is 85.5 cm³/mol. The van der Waals surface area contributed by atoms with E-state index in [1.807, 2.05) is 13.8 Å². The van der Waals surface area contributed by atoms with E-state index in [2.05, 4.69) is 0 Å². The second-order valence-electron chi connectivity index (χ2n) is 8.42. The monoisotopic (exact) mass is 388 g/mol. The van der Waals surface area contributed by atoms with Crippen molar-refractivity contribution in [3.05, 3.63) is 11.3 Å². The molecule has 152 valence electrons. The first-order valence-corrected chi connectivity index (χ1v) is 8.54. The molecule has 1 fully saturated rings. The van der Waals surface area contributed by atoms with Crippen LogP contribution in [0.2, 0.25) is 0 Å². The lowest BCUT2D eigenvalue weighted by atomic mass is 9.71. The van der Waals surface area contributed by atoms with Gasteiger partial charge in [0.05, 0.1) is 12.8 Å². The number of carbonyl (C=O) groups is 1. The van der Waals surface area contributed by atoms with Gasteiger partial charge in [0, 0.05) is 16.9 Å². The minimum atomic E-state index is -4.93. The summed E-state index contributed by atoms with van der Waals surface area (Å²) in [6.07, 6.45) is -11.0. The first kappa shape index (κ1) is 22.8. The molecule has 0 aromatic carbocycles. The molecule has 0 aromatic heterocycles. The normalized spacial score (nSPS) is 20.7. The lowest BCUT2D eigenvalue weighted by molar-refractivity contribution is -0.193. The molecule has 8 heteroatoms. The number of allylic oxidation sites excluding steroid dienone is 2. The molecule has 0 amide bonds. The lowest BCUT2D eigenvalue weighted by Gasteiger charge is -2.35. The van der Waals surface area contributed by atoms with E-state index in [0.717, 1.165) is 19.8 Å². The maximum Gasteiger partial charge on any atom is 0.390 e. The number of ketones is 1. The van der Waals surface area contributed by atoms with Crippen LogP contribution in [0.15, 0.2) is 11.3 Å². The number of carbonyl (C=O) groups excluding carboxylic acids is 1. The Morgan fingerprint density at radius 2 is 1.38 bits per heavy atom. The summed E-state index contributed by atoms with van der Waals surface area (Å²) in [6.45, 7) is 5.87. The summed E-state index contributed by atoms with van der Waals surface area (Å²) in [7, 11) is 0. The molecule has 26 heavy (non-hydrogen) atoms. The van der Waals surface area contributed by atoms with E-state index < -0.39 is 47.9 Å². The zero-order valence-electron chi connectivity index (χ0n) is 15.4. The third kappa shape index (κ3) is 6.50. The second kappa shape index (κ2) is 7.43. The molecule has 0 aliphatic heterocycles. The maximum atomic E-state index is 12.8. The largest absolute Gasteiger partial charge is 0.512 e. The highest BCUT2D eigenvalue weighted by Crippen LogP contribution is 2.45. The van der Waals surface area contributed by atoms with Crippen LogP contribution in [-0.2, 0) is 4.79 Å². The Kier molecular flexibility index (Phi) is 6.52. The zero-order valence-corrected chi connectivity index (χ0v) is 15.4. The average molecular weight is 388 g/mol. The molecule has 0 aromatic rings. The maximum absolute atomic E-state index is 12.8. The molecular formula is C18H26F6O2. The van der Waals surface area contributed by atoms with Crippen LogP contribution in [0, 0.1) is 16.7 Å². The first-order chi connectivity index (χ1) is 11.5. The van der Waals surface area contributed by atoms with E-state index in [1.54, 1.807) is 0 Å². The second-order valence-corrected chi connectivity index (χ2v) is 8.42. The van der Waals surface area contributed by atoms with Crippen LogP contribution in [-0.4, -0.2) is 23.2 Å². The number of aliphatic hydroxyl groups is 1. The summed E-state index contributed by atoms with van der Waals surface area (Å²) in [5.74, 6) is -2.08. The van der Waals surface area contributed by atoms with Gasteiger partial charge in [-0.2, -0.15) is 26.3 Å². The van der Waals surface area contributed by atoms with E-state index >= 15 is 0 Å². The number of halogens is 6. The Labute approximate surface area is 149 Å². The molecule has 1 N–H and O–H groups in total. The lowest BCUT2D eigenvalue weighted by Crippen LogP contribution is -2.38. The number of Topliss-reactive ketones (excluding diaryl/α,β-unsaturated/α-hetero) is 1. The van der Waals surface area contributed by atoms with Crippen molar-refractivity contribution in [2.45, 2.75) is 78.6 Å². The molecule has 0 heterocycles. The van der Waals surface area contributed by atoms with Gasteiger partial charge in [-0.05, 0) is 38.0 Å². The summed E-state index contributed by atoms with van der Waals surface area (Å²) in [5.41, 5.74) is -3.02. The van der Waals surface area contributed by atoms with Gasteiger partial charge >= 0.3 is 12.4 Å². The van der Waals surface area contributed by atoms with Crippen LogP contribution in [0.4, 0.5) is 26.3 Å². The van der Waals surface area contributed by atoms with Gasteiger partial charge < -0.3 is 5.11 Å². The van der Waals surface area contributed by atoms with E-state index in [0.29, 0.717) is 19.8 Å². The Bertz CT molecular complexity index is 531. The van der Waals surface area contributed by atoms with Gasteiger partial charge in [-0.1, -0.05) is 20.8 Å². The smallest absolute Gasteiger partial charge is 0.390 e. The Hall–Kier alpha value is -1.21. The molecule has 0 radical (unpaired) electrons.